The largest absolute Gasteiger partial charge is 0.395 e. The smallest absolute Gasteiger partial charge is 0.261 e. The second-order valence-electron chi connectivity index (χ2n) is 8.49. The zero-order valence-electron chi connectivity index (χ0n) is 20.2. The Morgan fingerprint density at radius 1 is 1.24 bits per heavy atom. The van der Waals surface area contributed by atoms with Crippen molar-refractivity contribution in [1.82, 2.24) is 24.9 Å². The van der Waals surface area contributed by atoms with Crippen LogP contribution in [0.5, 0.6) is 0 Å². The van der Waals surface area contributed by atoms with E-state index in [1.165, 1.54) is 13.3 Å². The quantitative estimate of drug-likeness (QED) is 0.290. The first kappa shape index (κ1) is 24.3. The molecule has 192 valence electrons. The third-order valence-electron chi connectivity index (χ3n) is 6.10. The lowest BCUT2D eigenvalue weighted by Gasteiger charge is -2.29. The molecule has 0 bridgehead atoms. The molecule has 1 aromatic carbocycles. The predicted molar refractivity (Wildman–Crippen MR) is 137 cm³/mol. The number of nitrogens with one attached hydrogen (secondary N) is 3. The van der Waals surface area contributed by atoms with Gasteiger partial charge < -0.3 is 30.7 Å². The Bertz CT molecular complexity index is 1530. The highest BCUT2D eigenvalue weighted by molar-refractivity contribution is 5.95. The van der Waals surface area contributed by atoms with Gasteiger partial charge in [-0.15, -0.1) is 0 Å². The fraction of sp³-hybridized carbons (Fsp3) is 0.292. The van der Waals surface area contributed by atoms with E-state index >= 15 is 8.78 Å². The van der Waals surface area contributed by atoms with Crippen LogP contribution in [-0.4, -0.2) is 64.5 Å². The van der Waals surface area contributed by atoms with Crippen LogP contribution in [0, 0.1) is 11.6 Å². The minimum absolute atomic E-state index is 0.0172. The molecule has 1 fully saturated rings. The van der Waals surface area contributed by atoms with E-state index in [0.29, 0.717) is 32.1 Å². The molecule has 1 aliphatic rings. The molecule has 0 saturated carbocycles. The average Bonchev–Trinajstić information content (AvgIpc) is 3.36. The Labute approximate surface area is 209 Å². The number of fused-ring (bicyclic) bond motifs is 1. The highest BCUT2D eigenvalue weighted by Gasteiger charge is 2.26. The molecule has 11 nitrogen and oxygen atoms in total. The number of hydrogen-bond donors (Lipinski definition) is 4. The number of anilines is 3. The van der Waals surface area contributed by atoms with E-state index in [9.17, 15) is 4.79 Å². The van der Waals surface area contributed by atoms with Crippen molar-refractivity contribution in [3.05, 3.63) is 58.0 Å². The van der Waals surface area contributed by atoms with Crippen molar-refractivity contribution in [1.29, 1.82) is 0 Å². The van der Waals surface area contributed by atoms with E-state index in [0.717, 1.165) is 6.07 Å². The molecule has 0 spiro atoms. The second kappa shape index (κ2) is 9.93. The summed E-state index contributed by atoms with van der Waals surface area (Å²) in [5, 5.41) is 3.17. The molecule has 4 heterocycles. The summed E-state index contributed by atoms with van der Waals surface area (Å²) in [6.45, 7) is 3.46. The number of aromatic nitrogens is 5. The molecule has 1 saturated heterocycles. The summed E-state index contributed by atoms with van der Waals surface area (Å²) in [6.07, 6.45) is 4.59. The van der Waals surface area contributed by atoms with E-state index in [-0.39, 0.29) is 45.2 Å². The van der Waals surface area contributed by atoms with Gasteiger partial charge in [0.25, 0.3) is 5.56 Å². The topological polar surface area (TPSA) is 150 Å². The van der Waals surface area contributed by atoms with E-state index in [1.807, 2.05) is 0 Å². The van der Waals surface area contributed by atoms with Crippen LogP contribution < -0.4 is 21.5 Å². The normalized spacial score (nSPS) is 15.0. The van der Waals surface area contributed by atoms with E-state index in [4.69, 9.17) is 10.5 Å². The molecule has 4 aromatic rings. The molecule has 13 heteroatoms. The number of aliphatic imine (C=N–C) groups is 1. The number of nitrogens with two attached hydrogens (primary N) is 1. The van der Waals surface area contributed by atoms with Crippen LogP contribution in [0.2, 0.25) is 0 Å². The van der Waals surface area contributed by atoms with Gasteiger partial charge in [-0.3, -0.25) is 9.79 Å². The zero-order chi connectivity index (χ0) is 26.1. The van der Waals surface area contributed by atoms with Gasteiger partial charge in [0.05, 0.1) is 42.0 Å². The maximum absolute atomic E-state index is 15.6. The van der Waals surface area contributed by atoms with Crippen LogP contribution in [0.3, 0.4) is 0 Å². The number of aromatic amines is 2. The number of halogens is 2. The number of nitrogen functional groups attached to an aromatic ring is 1. The maximum Gasteiger partial charge on any atom is 0.261 e. The third kappa shape index (κ3) is 4.48. The molecular weight excluding hydrogens is 484 g/mol. The minimum Gasteiger partial charge on any atom is -0.395 e. The molecule has 1 unspecified atom stereocenters. The van der Waals surface area contributed by atoms with Gasteiger partial charge >= 0.3 is 0 Å². The monoisotopic (exact) mass is 509 g/mol. The van der Waals surface area contributed by atoms with Crippen molar-refractivity contribution >= 4 is 34.3 Å². The van der Waals surface area contributed by atoms with Gasteiger partial charge in [0.2, 0.25) is 0 Å². The van der Waals surface area contributed by atoms with Crippen LogP contribution in [0.15, 0.2) is 34.3 Å². The van der Waals surface area contributed by atoms with Gasteiger partial charge in [-0.05, 0) is 13.0 Å². The first-order valence-electron chi connectivity index (χ1n) is 11.6. The Hall–Kier alpha value is -4.39. The van der Waals surface area contributed by atoms with Crippen LogP contribution in [0.4, 0.5) is 25.8 Å². The summed E-state index contributed by atoms with van der Waals surface area (Å²) in [7, 11) is 1.54. The summed E-state index contributed by atoms with van der Waals surface area (Å²) in [5.74, 6) is -0.990. The summed E-state index contributed by atoms with van der Waals surface area (Å²) >= 11 is 0. The van der Waals surface area contributed by atoms with Crippen molar-refractivity contribution in [2.45, 2.75) is 13.0 Å². The highest BCUT2D eigenvalue weighted by Crippen LogP contribution is 2.35. The van der Waals surface area contributed by atoms with Crippen LogP contribution >= 0.6 is 0 Å². The predicted octanol–water partition coefficient (Wildman–Crippen LogP) is 2.63. The van der Waals surface area contributed by atoms with Crippen molar-refractivity contribution < 1.29 is 13.5 Å². The van der Waals surface area contributed by atoms with E-state index in [2.05, 4.69) is 35.2 Å². The van der Waals surface area contributed by atoms with E-state index in [1.54, 1.807) is 30.3 Å². The number of hydrogen-bond acceptors (Lipinski definition) is 9. The summed E-state index contributed by atoms with van der Waals surface area (Å²) < 4.78 is 36.0. The second-order valence-corrected chi connectivity index (χ2v) is 8.49. The Kier molecular flexibility index (Phi) is 6.53. The fourth-order valence-electron chi connectivity index (χ4n) is 4.29. The van der Waals surface area contributed by atoms with Crippen LogP contribution in [0.1, 0.15) is 24.5 Å². The van der Waals surface area contributed by atoms with Gasteiger partial charge in [-0.1, -0.05) is 0 Å². The highest BCUT2D eigenvalue weighted by atomic mass is 19.1. The standard InChI is InChI=1S/C24H25F2N9O2/c1-12(22-29-4-3-5-30-22)31-20-16(24(36)32-14(11-28-2)18(20)27)23-33-19-13(25)10-15(17(26)21(19)34-23)35-6-8-37-9-7-35/h3-5,10-12H,6-9,27H2,1-2H3,(H,33,34)(H2,31,32,36). The fourth-order valence-corrected chi connectivity index (χ4v) is 4.29. The van der Waals surface area contributed by atoms with Crippen LogP contribution in [-0.2, 0) is 4.74 Å². The number of morpholine rings is 1. The molecule has 5 N–H and O–H groups in total. The zero-order valence-corrected chi connectivity index (χ0v) is 20.2. The number of ether oxygens (including phenoxy) is 1. The number of imidazole rings is 1. The van der Waals surface area contributed by atoms with Crippen molar-refractivity contribution in [3.63, 3.8) is 0 Å². The summed E-state index contributed by atoms with van der Waals surface area (Å²) in [6, 6.07) is 2.32. The van der Waals surface area contributed by atoms with Gasteiger partial charge in [0.1, 0.15) is 28.2 Å². The number of H-pyrrole nitrogens is 2. The van der Waals surface area contributed by atoms with E-state index < -0.39 is 23.2 Å². The average molecular weight is 510 g/mol. The summed E-state index contributed by atoms with van der Waals surface area (Å²) in [4.78, 5) is 37.1. The molecule has 37 heavy (non-hydrogen) atoms. The lowest BCUT2D eigenvalue weighted by atomic mass is 10.1. The van der Waals surface area contributed by atoms with Gasteiger partial charge in [-0.2, -0.15) is 0 Å². The van der Waals surface area contributed by atoms with Crippen molar-refractivity contribution in [3.8, 4) is 11.4 Å². The van der Waals surface area contributed by atoms with Crippen LogP contribution in [0.25, 0.3) is 22.4 Å². The number of pyridine rings is 1. The number of nitrogens with zero attached hydrogens (tertiary/aromatic N) is 5. The molecular formula is C24H25F2N9O2. The number of benzene rings is 1. The van der Waals surface area contributed by atoms with Crippen molar-refractivity contribution in [2.75, 3.05) is 49.3 Å². The SMILES string of the molecule is CN=Cc1[nH]c(=O)c(-c2nc3c(F)cc(N4CCOCC4)c(F)c3[nH]2)c(NC(C)c2ncccn2)c1N. The van der Waals surface area contributed by atoms with Gasteiger partial charge in [0, 0.05) is 44.8 Å². The maximum atomic E-state index is 15.6. The first-order chi connectivity index (χ1) is 17.9. The lowest BCUT2D eigenvalue weighted by Crippen LogP contribution is -2.36. The molecule has 1 atom stereocenters. The Morgan fingerprint density at radius 2 is 1.97 bits per heavy atom. The molecule has 1 aliphatic heterocycles. The Morgan fingerprint density at radius 3 is 2.68 bits per heavy atom. The lowest BCUT2D eigenvalue weighted by molar-refractivity contribution is 0.122. The number of rotatable bonds is 6. The first-order valence-corrected chi connectivity index (χ1v) is 11.6. The van der Waals surface area contributed by atoms with Gasteiger partial charge in [-0.25, -0.2) is 23.7 Å². The summed E-state index contributed by atoms with van der Waals surface area (Å²) in [5.41, 5.74) is 6.15. The van der Waals surface area contributed by atoms with Crippen molar-refractivity contribution in [2.24, 2.45) is 4.99 Å². The molecule has 3 aromatic heterocycles. The van der Waals surface area contributed by atoms with Gasteiger partial charge in [0.15, 0.2) is 11.6 Å². The Balaban J connectivity index is 1.67. The minimum atomic E-state index is -0.722. The molecule has 0 radical (unpaired) electrons. The molecule has 5 rings (SSSR count). The molecule has 0 aliphatic carbocycles. The molecule has 0 amide bonds. The third-order valence-corrected chi connectivity index (χ3v) is 6.10.